The number of hydrogen-bond donors (Lipinski definition) is 2. The Bertz CT molecular complexity index is 610. The molecule has 0 saturated carbocycles. The van der Waals surface area contributed by atoms with Crippen molar-refractivity contribution in [2.45, 2.75) is 25.5 Å². The van der Waals surface area contributed by atoms with Crippen LogP contribution in [0.4, 0.5) is 0 Å². The van der Waals surface area contributed by atoms with E-state index in [-0.39, 0.29) is 24.5 Å². The quantitative estimate of drug-likeness (QED) is 0.822. The molecule has 2 aromatic rings. The maximum absolute atomic E-state index is 12.0. The van der Waals surface area contributed by atoms with Crippen molar-refractivity contribution >= 4 is 5.91 Å². The molecule has 2 unspecified atom stereocenters. The number of benzene rings is 1. The summed E-state index contributed by atoms with van der Waals surface area (Å²) in [6, 6.07) is 12.0. The van der Waals surface area contributed by atoms with Crippen LogP contribution >= 0.6 is 0 Å². The number of aromatic nitrogens is 1. The van der Waals surface area contributed by atoms with Crippen molar-refractivity contribution in [1.82, 2.24) is 10.3 Å². The smallest absolute Gasteiger partial charge is 0.223 e. The summed E-state index contributed by atoms with van der Waals surface area (Å²) < 4.78 is 5.13. The van der Waals surface area contributed by atoms with Crippen LogP contribution in [0.15, 0.2) is 48.8 Å². The van der Waals surface area contributed by atoms with Crippen molar-refractivity contribution in [3.05, 3.63) is 54.4 Å². The second kappa shape index (κ2) is 8.41. The van der Waals surface area contributed by atoms with Gasteiger partial charge in [0.05, 0.1) is 18.6 Å². The molecule has 1 aromatic carbocycles. The number of methoxy groups -OCH3 is 1. The summed E-state index contributed by atoms with van der Waals surface area (Å²) in [5.74, 6) is -0.0638. The minimum atomic E-state index is -0.241. The molecule has 0 radical (unpaired) electrons. The lowest BCUT2D eigenvalue weighted by molar-refractivity contribution is -0.124. The number of nitrogens with two attached hydrogens (primary N) is 1. The predicted octanol–water partition coefficient (Wildman–Crippen LogP) is 2.29. The molecule has 5 nitrogen and oxygen atoms in total. The Hall–Kier alpha value is -2.24. The van der Waals surface area contributed by atoms with Gasteiger partial charge in [-0.3, -0.25) is 9.78 Å². The molecule has 5 heteroatoms. The summed E-state index contributed by atoms with van der Waals surface area (Å²) >= 11 is 0. The Morgan fingerprint density at radius 2 is 2.00 bits per heavy atom. The van der Waals surface area contributed by atoms with Gasteiger partial charge in [-0.1, -0.05) is 30.3 Å². The summed E-state index contributed by atoms with van der Waals surface area (Å²) in [4.78, 5) is 16.1. The lowest BCUT2D eigenvalue weighted by Gasteiger charge is -2.17. The number of rotatable bonds is 7. The van der Waals surface area contributed by atoms with Crippen LogP contribution < -0.4 is 11.1 Å². The first-order valence-electron chi connectivity index (χ1n) is 7.66. The SMILES string of the molecule is COC(CN)CC(=O)NC(C)c1ccc(-c2cccnc2)cc1. The summed E-state index contributed by atoms with van der Waals surface area (Å²) in [5, 5.41) is 2.97. The lowest BCUT2D eigenvalue weighted by Crippen LogP contribution is -2.33. The average Bonchev–Trinajstić information content (AvgIpc) is 2.60. The number of nitrogens with zero attached hydrogens (tertiary/aromatic N) is 1. The van der Waals surface area contributed by atoms with Crippen LogP contribution in [0, 0.1) is 0 Å². The molecule has 1 heterocycles. The normalized spacial score (nSPS) is 13.3. The van der Waals surface area contributed by atoms with Gasteiger partial charge in [-0.25, -0.2) is 0 Å². The Morgan fingerprint density at radius 3 is 2.57 bits per heavy atom. The molecule has 23 heavy (non-hydrogen) atoms. The zero-order chi connectivity index (χ0) is 16.7. The maximum atomic E-state index is 12.0. The molecule has 0 aliphatic rings. The van der Waals surface area contributed by atoms with Gasteiger partial charge in [-0.2, -0.15) is 0 Å². The summed E-state index contributed by atoms with van der Waals surface area (Å²) in [7, 11) is 1.56. The van der Waals surface area contributed by atoms with Gasteiger partial charge < -0.3 is 15.8 Å². The number of carbonyl (C=O) groups is 1. The average molecular weight is 313 g/mol. The van der Waals surface area contributed by atoms with E-state index in [2.05, 4.69) is 10.3 Å². The monoisotopic (exact) mass is 313 g/mol. The van der Waals surface area contributed by atoms with Crippen molar-refractivity contribution in [2.75, 3.05) is 13.7 Å². The van der Waals surface area contributed by atoms with Crippen molar-refractivity contribution < 1.29 is 9.53 Å². The van der Waals surface area contributed by atoms with E-state index in [0.29, 0.717) is 6.54 Å². The van der Waals surface area contributed by atoms with E-state index in [4.69, 9.17) is 10.5 Å². The Morgan fingerprint density at radius 1 is 1.26 bits per heavy atom. The van der Waals surface area contributed by atoms with Crippen LogP contribution in [-0.4, -0.2) is 30.6 Å². The van der Waals surface area contributed by atoms with Gasteiger partial charge in [0.2, 0.25) is 5.91 Å². The Kier molecular flexibility index (Phi) is 6.26. The molecule has 3 N–H and O–H groups in total. The molecule has 0 fully saturated rings. The van der Waals surface area contributed by atoms with Gasteiger partial charge in [0.1, 0.15) is 0 Å². The first-order chi connectivity index (χ1) is 11.1. The summed E-state index contributed by atoms with van der Waals surface area (Å²) in [5.41, 5.74) is 8.76. The van der Waals surface area contributed by atoms with Crippen molar-refractivity contribution in [1.29, 1.82) is 0 Å². The lowest BCUT2D eigenvalue weighted by atomic mass is 10.0. The number of amides is 1. The molecule has 0 aliphatic carbocycles. The van der Waals surface area contributed by atoms with Gasteiger partial charge >= 0.3 is 0 Å². The fourth-order valence-electron chi connectivity index (χ4n) is 2.35. The highest BCUT2D eigenvalue weighted by Crippen LogP contribution is 2.21. The van der Waals surface area contributed by atoms with Gasteiger partial charge in [0, 0.05) is 26.0 Å². The minimum absolute atomic E-state index is 0.0638. The van der Waals surface area contributed by atoms with Crippen LogP contribution in [-0.2, 0) is 9.53 Å². The molecule has 1 aromatic heterocycles. The molecule has 0 spiro atoms. The van der Waals surface area contributed by atoms with E-state index >= 15 is 0 Å². The fourth-order valence-corrected chi connectivity index (χ4v) is 2.35. The van der Waals surface area contributed by atoms with Crippen LogP contribution in [0.3, 0.4) is 0 Å². The number of nitrogens with one attached hydrogen (secondary N) is 1. The van der Waals surface area contributed by atoms with E-state index in [9.17, 15) is 4.79 Å². The van der Waals surface area contributed by atoms with Crippen LogP contribution in [0.25, 0.3) is 11.1 Å². The maximum Gasteiger partial charge on any atom is 0.223 e. The second-order valence-corrected chi connectivity index (χ2v) is 5.45. The van der Waals surface area contributed by atoms with E-state index in [0.717, 1.165) is 16.7 Å². The highest BCUT2D eigenvalue weighted by Gasteiger charge is 2.14. The topological polar surface area (TPSA) is 77.2 Å². The number of pyridine rings is 1. The van der Waals surface area contributed by atoms with Gasteiger partial charge in [-0.05, 0) is 29.7 Å². The summed E-state index contributed by atoms with van der Waals surface area (Å²) in [6.07, 6.45) is 3.61. The number of hydrogen-bond acceptors (Lipinski definition) is 4. The fraction of sp³-hybridized carbons (Fsp3) is 0.333. The molecule has 0 saturated heterocycles. The van der Waals surface area contributed by atoms with Gasteiger partial charge in [0.15, 0.2) is 0 Å². The largest absolute Gasteiger partial charge is 0.380 e. The third-order valence-electron chi connectivity index (χ3n) is 3.79. The molecule has 0 aliphatic heterocycles. The predicted molar refractivity (Wildman–Crippen MR) is 90.7 cm³/mol. The second-order valence-electron chi connectivity index (χ2n) is 5.45. The Balaban J connectivity index is 1.97. The molecular weight excluding hydrogens is 290 g/mol. The first kappa shape index (κ1) is 17.1. The van der Waals surface area contributed by atoms with Crippen molar-refractivity contribution in [3.63, 3.8) is 0 Å². The molecule has 1 amide bonds. The van der Waals surface area contributed by atoms with Gasteiger partial charge in [0.25, 0.3) is 0 Å². The third-order valence-corrected chi connectivity index (χ3v) is 3.79. The van der Waals surface area contributed by atoms with Crippen molar-refractivity contribution in [3.8, 4) is 11.1 Å². The van der Waals surface area contributed by atoms with Crippen LogP contribution in [0.1, 0.15) is 24.9 Å². The zero-order valence-electron chi connectivity index (χ0n) is 13.5. The number of carbonyl (C=O) groups excluding carboxylic acids is 1. The van der Waals surface area contributed by atoms with E-state index in [1.807, 2.05) is 49.5 Å². The Labute approximate surface area is 136 Å². The first-order valence-corrected chi connectivity index (χ1v) is 7.66. The minimum Gasteiger partial charge on any atom is -0.380 e. The third kappa shape index (κ3) is 4.87. The van der Waals surface area contributed by atoms with Gasteiger partial charge in [-0.15, -0.1) is 0 Å². The number of ether oxygens (including phenoxy) is 1. The standard InChI is InChI=1S/C18H23N3O2/c1-13(21-18(22)10-17(11-19)23-2)14-5-7-15(8-6-14)16-4-3-9-20-12-16/h3-9,12-13,17H,10-11,19H2,1-2H3,(H,21,22). The van der Waals surface area contributed by atoms with E-state index in [1.165, 1.54) is 0 Å². The molecule has 2 rings (SSSR count). The zero-order valence-corrected chi connectivity index (χ0v) is 13.5. The highest BCUT2D eigenvalue weighted by molar-refractivity contribution is 5.77. The van der Waals surface area contributed by atoms with Crippen molar-refractivity contribution in [2.24, 2.45) is 5.73 Å². The van der Waals surface area contributed by atoms with E-state index in [1.54, 1.807) is 13.3 Å². The highest BCUT2D eigenvalue weighted by atomic mass is 16.5. The summed E-state index contributed by atoms with van der Waals surface area (Å²) in [6.45, 7) is 2.29. The molecule has 122 valence electrons. The van der Waals surface area contributed by atoms with E-state index < -0.39 is 0 Å². The molecule has 2 atom stereocenters. The van der Waals surface area contributed by atoms with Crippen LogP contribution in [0.2, 0.25) is 0 Å². The molecular formula is C18H23N3O2. The van der Waals surface area contributed by atoms with Crippen LogP contribution in [0.5, 0.6) is 0 Å². The molecule has 0 bridgehead atoms.